The van der Waals surface area contributed by atoms with Crippen LogP contribution in [0.1, 0.15) is 5.56 Å². The average molecular weight is 226 g/mol. The summed E-state index contributed by atoms with van der Waals surface area (Å²) in [5.41, 5.74) is 1.27. The van der Waals surface area contributed by atoms with Crippen LogP contribution < -0.4 is 0 Å². The standard InChI is InChI=1S/C13H10N2S/c1-14-12-8-5-9-13(15-12)16-10-11-6-3-2-4-7-11/h2-9H,10H2. The molecule has 0 unspecified atom stereocenters. The summed E-state index contributed by atoms with van der Waals surface area (Å²) in [5.74, 6) is 1.34. The lowest BCUT2D eigenvalue weighted by atomic mass is 10.2. The maximum absolute atomic E-state index is 6.89. The minimum Gasteiger partial charge on any atom is -0.361 e. The van der Waals surface area contributed by atoms with E-state index in [1.54, 1.807) is 17.8 Å². The van der Waals surface area contributed by atoms with E-state index in [1.165, 1.54) is 5.56 Å². The average Bonchev–Trinajstić information content (AvgIpc) is 2.38. The first-order valence-corrected chi connectivity index (χ1v) is 5.88. The van der Waals surface area contributed by atoms with E-state index in [2.05, 4.69) is 22.0 Å². The van der Waals surface area contributed by atoms with Crippen LogP contribution in [0.4, 0.5) is 5.82 Å². The molecule has 2 aromatic rings. The molecule has 0 aliphatic rings. The van der Waals surface area contributed by atoms with Crippen LogP contribution in [0.2, 0.25) is 0 Å². The van der Waals surface area contributed by atoms with Crippen molar-refractivity contribution in [2.75, 3.05) is 0 Å². The molecule has 0 amide bonds. The first-order chi connectivity index (χ1) is 7.88. The van der Waals surface area contributed by atoms with Crippen LogP contribution in [-0.2, 0) is 5.75 Å². The van der Waals surface area contributed by atoms with Gasteiger partial charge in [0.25, 0.3) is 5.82 Å². The Morgan fingerprint density at radius 1 is 1.06 bits per heavy atom. The lowest BCUT2D eigenvalue weighted by molar-refractivity contribution is 1.15. The number of thioether (sulfide) groups is 1. The fourth-order valence-corrected chi connectivity index (χ4v) is 2.12. The van der Waals surface area contributed by atoms with E-state index >= 15 is 0 Å². The van der Waals surface area contributed by atoms with Gasteiger partial charge in [-0.3, -0.25) is 0 Å². The third-order valence-electron chi connectivity index (χ3n) is 2.05. The SMILES string of the molecule is [C-]#[N+]c1cccc(SCc2ccccc2)n1. The van der Waals surface area contributed by atoms with Crippen molar-refractivity contribution in [3.05, 3.63) is 65.5 Å². The maximum Gasteiger partial charge on any atom is 0.270 e. The van der Waals surface area contributed by atoms with Gasteiger partial charge >= 0.3 is 0 Å². The monoisotopic (exact) mass is 226 g/mol. The fourth-order valence-electron chi connectivity index (χ4n) is 1.28. The molecule has 78 valence electrons. The van der Waals surface area contributed by atoms with Gasteiger partial charge in [0.1, 0.15) is 0 Å². The number of rotatable bonds is 3. The zero-order valence-corrected chi connectivity index (χ0v) is 9.45. The minimum atomic E-state index is 0.457. The van der Waals surface area contributed by atoms with Crippen molar-refractivity contribution in [3.63, 3.8) is 0 Å². The number of benzene rings is 1. The summed E-state index contributed by atoms with van der Waals surface area (Å²) in [6, 6.07) is 15.8. The topological polar surface area (TPSA) is 17.2 Å². The predicted octanol–water partition coefficient (Wildman–Crippen LogP) is 3.92. The van der Waals surface area contributed by atoms with E-state index in [9.17, 15) is 0 Å². The van der Waals surface area contributed by atoms with Crippen LogP contribution in [0.15, 0.2) is 53.6 Å². The number of nitrogens with zero attached hydrogens (tertiary/aromatic N) is 2. The predicted molar refractivity (Wildman–Crippen MR) is 66.5 cm³/mol. The molecule has 0 fully saturated rings. The van der Waals surface area contributed by atoms with Crippen molar-refractivity contribution in [1.82, 2.24) is 4.98 Å². The summed E-state index contributed by atoms with van der Waals surface area (Å²) >= 11 is 1.65. The Labute approximate surface area is 99.2 Å². The highest BCUT2D eigenvalue weighted by Gasteiger charge is 2.01. The van der Waals surface area contributed by atoms with E-state index < -0.39 is 0 Å². The summed E-state index contributed by atoms with van der Waals surface area (Å²) < 4.78 is 0. The summed E-state index contributed by atoms with van der Waals surface area (Å²) in [4.78, 5) is 7.53. The molecule has 0 aliphatic carbocycles. The molecular formula is C13H10N2S. The maximum atomic E-state index is 6.89. The number of pyridine rings is 1. The highest BCUT2D eigenvalue weighted by molar-refractivity contribution is 7.98. The summed E-state index contributed by atoms with van der Waals surface area (Å²) in [7, 11) is 0. The first-order valence-electron chi connectivity index (χ1n) is 4.90. The van der Waals surface area contributed by atoms with Gasteiger partial charge < -0.3 is 4.85 Å². The zero-order chi connectivity index (χ0) is 11.2. The van der Waals surface area contributed by atoms with Crippen molar-refractivity contribution < 1.29 is 0 Å². The second-order valence-corrected chi connectivity index (χ2v) is 4.22. The van der Waals surface area contributed by atoms with E-state index in [0.717, 1.165) is 10.8 Å². The summed E-state index contributed by atoms with van der Waals surface area (Å²) in [5, 5.41) is 0.900. The van der Waals surface area contributed by atoms with Gasteiger partial charge in [0.2, 0.25) is 0 Å². The lowest BCUT2D eigenvalue weighted by Crippen LogP contribution is -1.82. The molecule has 0 N–H and O–H groups in total. The van der Waals surface area contributed by atoms with E-state index in [1.807, 2.05) is 30.3 Å². The van der Waals surface area contributed by atoms with Crippen molar-refractivity contribution >= 4 is 17.6 Å². The quantitative estimate of drug-likeness (QED) is 0.583. The Bertz CT molecular complexity index is 503. The first kappa shape index (κ1) is 10.7. The highest BCUT2D eigenvalue weighted by atomic mass is 32.2. The molecule has 0 spiro atoms. The molecular weight excluding hydrogens is 216 g/mol. The van der Waals surface area contributed by atoms with Gasteiger partial charge in [0.05, 0.1) is 0 Å². The molecule has 0 saturated heterocycles. The zero-order valence-electron chi connectivity index (χ0n) is 8.63. The normalized spacial score (nSPS) is 9.69. The van der Waals surface area contributed by atoms with Crippen molar-refractivity contribution in [3.8, 4) is 0 Å². The molecule has 0 saturated carbocycles. The molecule has 2 rings (SSSR count). The smallest absolute Gasteiger partial charge is 0.270 e. The van der Waals surface area contributed by atoms with Gasteiger partial charge in [-0.1, -0.05) is 54.7 Å². The largest absolute Gasteiger partial charge is 0.361 e. The van der Waals surface area contributed by atoms with Crippen LogP contribution in [0.5, 0.6) is 0 Å². The molecule has 1 heterocycles. The number of hydrogen-bond acceptors (Lipinski definition) is 2. The minimum absolute atomic E-state index is 0.457. The Hall–Kier alpha value is -1.79. The van der Waals surface area contributed by atoms with Gasteiger partial charge in [0, 0.05) is 5.75 Å². The van der Waals surface area contributed by atoms with Crippen LogP contribution in [-0.4, -0.2) is 4.98 Å². The van der Waals surface area contributed by atoms with Crippen LogP contribution >= 0.6 is 11.8 Å². The molecule has 0 radical (unpaired) electrons. The Morgan fingerprint density at radius 3 is 2.62 bits per heavy atom. The van der Waals surface area contributed by atoms with Crippen LogP contribution in [0, 0.1) is 6.57 Å². The molecule has 0 atom stereocenters. The molecule has 2 nitrogen and oxygen atoms in total. The molecule has 1 aromatic carbocycles. The fraction of sp³-hybridized carbons (Fsp3) is 0.0769. The Balaban J connectivity index is 2.03. The second-order valence-electron chi connectivity index (χ2n) is 3.22. The van der Waals surface area contributed by atoms with Gasteiger partial charge in [-0.05, 0) is 17.7 Å². The van der Waals surface area contributed by atoms with Gasteiger partial charge in [-0.2, -0.15) is 0 Å². The Kier molecular flexibility index (Phi) is 3.58. The number of hydrogen-bond donors (Lipinski definition) is 0. The van der Waals surface area contributed by atoms with Crippen LogP contribution in [0.25, 0.3) is 4.85 Å². The lowest BCUT2D eigenvalue weighted by Gasteiger charge is -1.98. The molecule has 3 heteroatoms. The van der Waals surface area contributed by atoms with Crippen molar-refractivity contribution in [1.29, 1.82) is 0 Å². The second kappa shape index (κ2) is 5.34. The molecule has 16 heavy (non-hydrogen) atoms. The third-order valence-corrected chi connectivity index (χ3v) is 3.05. The van der Waals surface area contributed by atoms with Gasteiger partial charge in [0.15, 0.2) is 5.03 Å². The molecule has 0 aliphatic heterocycles. The van der Waals surface area contributed by atoms with E-state index in [4.69, 9.17) is 6.57 Å². The molecule has 1 aromatic heterocycles. The summed E-state index contributed by atoms with van der Waals surface area (Å²) in [6.07, 6.45) is 0. The Morgan fingerprint density at radius 2 is 1.88 bits per heavy atom. The summed E-state index contributed by atoms with van der Waals surface area (Å²) in [6.45, 7) is 6.89. The highest BCUT2D eigenvalue weighted by Crippen LogP contribution is 2.22. The van der Waals surface area contributed by atoms with Crippen molar-refractivity contribution in [2.24, 2.45) is 0 Å². The van der Waals surface area contributed by atoms with Gasteiger partial charge in [-0.25, -0.2) is 0 Å². The number of aromatic nitrogens is 1. The molecule has 0 bridgehead atoms. The van der Waals surface area contributed by atoms with E-state index in [0.29, 0.717) is 5.82 Å². The third kappa shape index (κ3) is 2.85. The van der Waals surface area contributed by atoms with Crippen molar-refractivity contribution in [2.45, 2.75) is 10.8 Å². The van der Waals surface area contributed by atoms with Gasteiger partial charge in [-0.15, -0.1) is 4.98 Å². The van der Waals surface area contributed by atoms with E-state index in [-0.39, 0.29) is 0 Å². The van der Waals surface area contributed by atoms with Crippen LogP contribution in [0.3, 0.4) is 0 Å².